The quantitative estimate of drug-likeness (QED) is 0.745. The summed E-state index contributed by atoms with van der Waals surface area (Å²) in [6, 6.07) is 7.22. The number of carbonyl (C=O) groups is 2. The highest BCUT2D eigenvalue weighted by molar-refractivity contribution is 6.07. The van der Waals surface area contributed by atoms with Crippen LogP contribution >= 0.6 is 0 Å². The fraction of sp³-hybridized carbons (Fsp3) is 0.556. The molecule has 2 aliphatic rings. The largest absolute Gasteiger partial charge is 0.491 e. The predicted octanol–water partition coefficient (Wildman–Crippen LogP) is 1.71. The molecule has 1 saturated carbocycles. The van der Waals surface area contributed by atoms with Crippen LogP contribution in [0.1, 0.15) is 32.3 Å². The van der Waals surface area contributed by atoms with Gasteiger partial charge in [-0.15, -0.1) is 0 Å². The Hall–Kier alpha value is -2.08. The molecule has 6 heteroatoms. The molecule has 1 aliphatic carbocycles. The van der Waals surface area contributed by atoms with E-state index in [4.69, 9.17) is 4.74 Å². The smallest absolute Gasteiger partial charge is 0.325 e. The number of ether oxygens (including phenoxy) is 1. The number of amides is 3. The number of carbonyl (C=O) groups excluding carboxylic acids is 2. The molecular formula is C18H24N2O4. The maximum Gasteiger partial charge on any atom is 0.325 e. The minimum atomic E-state index is -0.924. The van der Waals surface area contributed by atoms with Crippen LogP contribution in [0.4, 0.5) is 4.79 Å². The molecule has 1 heterocycles. The standard InChI is InChI=1S/C18H24N2O4/c1-3-12-4-8-15(9-5-12)24-11-14(21)10-20-16(22)18(2,13-6-7-13)19-17(20)23/h4-5,8-9,13-14,21H,3,6-7,10-11H2,1-2H3,(H,19,23)/t14-,18+/m0/s1. The van der Waals surface area contributed by atoms with Crippen molar-refractivity contribution in [1.29, 1.82) is 0 Å². The van der Waals surface area contributed by atoms with Crippen molar-refractivity contribution in [3.8, 4) is 5.75 Å². The van der Waals surface area contributed by atoms with Crippen LogP contribution in [-0.4, -0.2) is 46.7 Å². The molecule has 0 aromatic heterocycles. The molecule has 1 aromatic rings. The maximum atomic E-state index is 12.5. The molecule has 3 rings (SSSR count). The van der Waals surface area contributed by atoms with Crippen molar-refractivity contribution < 1.29 is 19.4 Å². The molecule has 130 valence electrons. The zero-order chi connectivity index (χ0) is 17.3. The average molecular weight is 332 g/mol. The third-order valence-electron chi connectivity index (χ3n) is 4.86. The van der Waals surface area contributed by atoms with E-state index >= 15 is 0 Å². The van der Waals surface area contributed by atoms with Crippen LogP contribution in [0.25, 0.3) is 0 Å². The number of urea groups is 1. The summed E-state index contributed by atoms with van der Waals surface area (Å²) in [5.74, 6) is 0.622. The monoisotopic (exact) mass is 332 g/mol. The number of aliphatic hydroxyl groups is 1. The van der Waals surface area contributed by atoms with Gasteiger partial charge in [-0.2, -0.15) is 0 Å². The maximum absolute atomic E-state index is 12.5. The van der Waals surface area contributed by atoms with Crippen LogP contribution in [0.15, 0.2) is 24.3 Å². The Morgan fingerprint density at radius 3 is 2.58 bits per heavy atom. The molecule has 1 saturated heterocycles. The second-order valence-electron chi connectivity index (χ2n) is 6.78. The van der Waals surface area contributed by atoms with E-state index < -0.39 is 17.7 Å². The fourth-order valence-electron chi connectivity index (χ4n) is 3.10. The van der Waals surface area contributed by atoms with E-state index in [0.29, 0.717) is 5.75 Å². The summed E-state index contributed by atoms with van der Waals surface area (Å²) in [5, 5.41) is 12.9. The molecule has 3 amide bonds. The molecule has 1 aliphatic heterocycles. The molecule has 6 nitrogen and oxygen atoms in total. The molecule has 1 aromatic carbocycles. The number of hydrogen-bond donors (Lipinski definition) is 2. The predicted molar refractivity (Wildman–Crippen MR) is 88.7 cm³/mol. The first-order valence-electron chi connectivity index (χ1n) is 8.48. The molecule has 0 spiro atoms. The molecule has 24 heavy (non-hydrogen) atoms. The summed E-state index contributed by atoms with van der Waals surface area (Å²) in [4.78, 5) is 25.6. The van der Waals surface area contributed by atoms with Crippen molar-refractivity contribution in [2.24, 2.45) is 5.92 Å². The topological polar surface area (TPSA) is 78.9 Å². The first kappa shape index (κ1) is 16.8. The number of β-amino-alcohol motifs (C(OH)–C–C–N with tert-alkyl or cyclic N) is 1. The van der Waals surface area contributed by atoms with Crippen molar-refractivity contribution in [1.82, 2.24) is 10.2 Å². The molecule has 2 N–H and O–H groups in total. The van der Waals surface area contributed by atoms with E-state index in [1.807, 2.05) is 24.3 Å². The van der Waals surface area contributed by atoms with E-state index in [1.54, 1.807) is 6.92 Å². The number of hydrogen-bond acceptors (Lipinski definition) is 4. The lowest BCUT2D eigenvalue weighted by Gasteiger charge is -2.22. The van der Waals surface area contributed by atoms with Gasteiger partial charge in [-0.1, -0.05) is 19.1 Å². The van der Waals surface area contributed by atoms with Crippen molar-refractivity contribution in [2.75, 3.05) is 13.2 Å². The second kappa shape index (κ2) is 6.43. The van der Waals surface area contributed by atoms with Crippen LogP contribution < -0.4 is 10.1 Å². The molecule has 0 bridgehead atoms. The lowest BCUT2D eigenvalue weighted by Crippen LogP contribution is -2.46. The summed E-state index contributed by atoms with van der Waals surface area (Å²) >= 11 is 0. The summed E-state index contributed by atoms with van der Waals surface area (Å²) in [7, 11) is 0. The third-order valence-corrected chi connectivity index (χ3v) is 4.86. The van der Waals surface area contributed by atoms with E-state index in [2.05, 4.69) is 12.2 Å². The number of imide groups is 1. The van der Waals surface area contributed by atoms with Gasteiger partial charge in [0.2, 0.25) is 0 Å². The van der Waals surface area contributed by atoms with Gasteiger partial charge in [-0.3, -0.25) is 9.69 Å². The van der Waals surface area contributed by atoms with Crippen LogP contribution in [0, 0.1) is 5.92 Å². The van der Waals surface area contributed by atoms with E-state index in [9.17, 15) is 14.7 Å². The van der Waals surface area contributed by atoms with Gasteiger partial charge >= 0.3 is 6.03 Å². The number of aryl methyl sites for hydroxylation is 1. The van der Waals surface area contributed by atoms with Gasteiger partial charge in [-0.05, 0) is 49.8 Å². The van der Waals surface area contributed by atoms with Crippen LogP contribution in [0.5, 0.6) is 5.75 Å². The average Bonchev–Trinajstić information content (AvgIpc) is 3.40. The lowest BCUT2D eigenvalue weighted by atomic mass is 9.96. The minimum Gasteiger partial charge on any atom is -0.491 e. The molecular weight excluding hydrogens is 308 g/mol. The fourth-order valence-corrected chi connectivity index (χ4v) is 3.10. The van der Waals surface area contributed by atoms with E-state index in [0.717, 1.165) is 24.2 Å². The number of benzene rings is 1. The number of rotatable bonds is 7. The lowest BCUT2D eigenvalue weighted by molar-refractivity contribution is -0.132. The van der Waals surface area contributed by atoms with Gasteiger partial charge in [0.25, 0.3) is 5.91 Å². The van der Waals surface area contributed by atoms with Crippen LogP contribution in [0.2, 0.25) is 0 Å². The molecule has 0 unspecified atom stereocenters. The zero-order valence-corrected chi connectivity index (χ0v) is 14.1. The third kappa shape index (κ3) is 3.24. The van der Waals surface area contributed by atoms with Crippen LogP contribution in [-0.2, 0) is 11.2 Å². The van der Waals surface area contributed by atoms with Gasteiger partial charge in [0.15, 0.2) is 0 Å². The van der Waals surface area contributed by atoms with Gasteiger partial charge in [0.1, 0.15) is 24.0 Å². The Morgan fingerprint density at radius 1 is 1.33 bits per heavy atom. The van der Waals surface area contributed by atoms with E-state index in [-0.39, 0.29) is 25.0 Å². The number of nitrogens with one attached hydrogen (secondary N) is 1. The molecule has 0 radical (unpaired) electrons. The minimum absolute atomic E-state index is 0.0304. The Bertz CT molecular complexity index is 626. The summed E-state index contributed by atoms with van der Waals surface area (Å²) in [6.07, 6.45) is 1.94. The molecule has 2 fully saturated rings. The number of nitrogens with zero attached hydrogens (tertiary/aromatic N) is 1. The van der Waals surface area contributed by atoms with Gasteiger partial charge in [0.05, 0.1) is 6.54 Å². The Morgan fingerprint density at radius 2 is 2.00 bits per heavy atom. The highest BCUT2D eigenvalue weighted by Crippen LogP contribution is 2.42. The summed E-state index contributed by atoms with van der Waals surface area (Å²) in [5.41, 5.74) is 0.398. The first-order valence-corrected chi connectivity index (χ1v) is 8.48. The molecule has 2 atom stereocenters. The van der Waals surface area contributed by atoms with Gasteiger partial charge < -0.3 is 15.2 Å². The summed E-state index contributed by atoms with van der Waals surface area (Å²) in [6.45, 7) is 3.82. The van der Waals surface area contributed by atoms with Crippen molar-refractivity contribution >= 4 is 11.9 Å². The van der Waals surface area contributed by atoms with Crippen molar-refractivity contribution in [3.05, 3.63) is 29.8 Å². The first-order chi connectivity index (χ1) is 11.4. The number of aliphatic hydroxyl groups excluding tert-OH is 1. The highest BCUT2D eigenvalue weighted by atomic mass is 16.5. The van der Waals surface area contributed by atoms with E-state index in [1.165, 1.54) is 5.56 Å². The van der Waals surface area contributed by atoms with Crippen molar-refractivity contribution in [3.63, 3.8) is 0 Å². The SMILES string of the molecule is CCc1ccc(OC[C@@H](O)CN2C(=O)N[C@](C)(C3CC3)C2=O)cc1. The van der Waals surface area contributed by atoms with Crippen molar-refractivity contribution in [2.45, 2.75) is 44.8 Å². The van der Waals surface area contributed by atoms with Gasteiger partial charge in [0, 0.05) is 0 Å². The Kier molecular flexibility index (Phi) is 4.49. The van der Waals surface area contributed by atoms with Gasteiger partial charge in [-0.25, -0.2) is 4.79 Å². The summed E-state index contributed by atoms with van der Waals surface area (Å²) < 4.78 is 5.54. The Labute approximate surface area is 141 Å². The zero-order valence-electron chi connectivity index (χ0n) is 14.1. The Balaban J connectivity index is 1.53. The highest BCUT2D eigenvalue weighted by Gasteiger charge is 2.56. The second-order valence-corrected chi connectivity index (χ2v) is 6.78. The van der Waals surface area contributed by atoms with Crippen LogP contribution in [0.3, 0.4) is 0 Å². The normalized spacial score (nSPS) is 24.9.